The van der Waals surface area contributed by atoms with Gasteiger partial charge in [0.05, 0.1) is 12.1 Å². The van der Waals surface area contributed by atoms with Crippen molar-refractivity contribution in [1.29, 1.82) is 0 Å². The van der Waals surface area contributed by atoms with Crippen LogP contribution in [0.2, 0.25) is 0 Å². The van der Waals surface area contributed by atoms with E-state index in [1.54, 1.807) is 12.2 Å². The number of nitrogens with zero attached hydrogens (tertiary/aromatic N) is 1. The Kier molecular flexibility index (Phi) is 5.45. The summed E-state index contributed by atoms with van der Waals surface area (Å²) in [5.74, 6) is -2.51. The topological polar surface area (TPSA) is 104 Å². The molecule has 3 rings (SSSR count). The zero-order valence-corrected chi connectivity index (χ0v) is 14.7. The summed E-state index contributed by atoms with van der Waals surface area (Å²) < 4.78 is 0. The fraction of sp³-hybridized carbons (Fsp3) is 0.0476. The molecule has 2 N–H and O–H groups in total. The number of urea groups is 1. The quantitative estimate of drug-likeness (QED) is 0.616. The Bertz CT molecular complexity index is 991. The number of hydrogen-bond donors (Lipinski definition) is 2. The van der Waals surface area contributed by atoms with Crippen molar-refractivity contribution in [1.82, 2.24) is 5.32 Å². The maximum atomic E-state index is 12.7. The number of amides is 4. The van der Waals surface area contributed by atoms with Crippen molar-refractivity contribution in [3.8, 4) is 0 Å². The summed E-state index contributed by atoms with van der Waals surface area (Å²) in [6, 6.07) is 14.4. The van der Waals surface area contributed by atoms with Crippen molar-refractivity contribution < 1.29 is 24.3 Å². The Morgan fingerprint density at radius 1 is 1.00 bits per heavy atom. The van der Waals surface area contributed by atoms with Crippen molar-refractivity contribution in [2.75, 3.05) is 4.90 Å². The van der Waals surface area contributed by atoms with Gasteiger partial charge in [0.2, 0.25) is 0 Å². The van der Waals surface area contributed by atoms with Crippen LogP contribution in [-0.2, 0) is 20.8 Å². The first-order chi connectivity index (χ1) is 13.5. The number of hydrogen-bond acceptors (Lipinski definition) is 4. The van der Waals surface area contributed by atoms with E-state index < -0.39 is 23.8 Å². The van der Waals surface area contributed by atoms with Gasteiger partial charge in [0, 0.05) is 0 Å². The van der Waals surface area contributed by atoms with Crippen molar-refractivity contribution in [3.05, 3.63) is 83.4 Å². The summed E-state index contributed by atoms with van der Waals surface area (Å²) in [5, 5.41) is 11.0. The molecular weight excluding hydrogens is 360 g/mol. The lowest BCUT2D eigenvalue weighted by Gasteiger charge is -2.26. The number of nitrogens with one attached hydrogen (secondary N) is 1. The van der Waals surface area contributed by atoms with Gasteiger partial charge in [0.15, 0.2) is 0 Å². The van der Waals surface area contributed by atoms with Crippen LogP contribution in [0, 0.1) is 0 Å². The van der Waals surface area contributed by atoms with Gasteiger partial charge in [0.1, 0.15) is 5.57 Å². The maximum absolute atomic E-state index is 12.7. The van der Waals surface area contributed by atoms with Crippen LogP contribution in [0.3, 0.4) is 0 Å². The summed E-state index contributed by atoms with van der Waals surface area (Å²) in [7, 11) is 0. The molecule has 0 spiro atoms. The summed E-state index contributed by atoms with van der Waals surface area (Å²) in [6.45, 7) is 0. The molecule has 0 atom stereocenters. The number of allylic oxidation sites excluding steroid dienone is 2. The third-order valence-corrected chi connectivity index (χ3v) is 4.00. The van der Waals surface area contributed by atoms with Crippen LogP contribution < -0.4 is 10.2 Å². The van der Waals surface area contributed by atoms with Crippen LogP contribution >= 0.6 is 0 Å². The molecule has 28 heavy (non-hydrogen) atoms. The lowest BCUT2D eigenvalue weighted by Crippen LogP contribution is -2.54. The highest BCUT2D eigenvalue weighted by atomic mass is 16.4. The average molecular weight is 376 g/mol. The second-order valence-electron chi connectivity index (χ2n) is 5.99. The normalized spacial score (nSPS) is 15.9. The highest BCUT2D eigenvalue weighted by Gasteiger charge is 2.36. The van der Waals surface area contributed by atoms with Crippen LogP contribution in [0.1, 0.15) is 11.1 Å². The number of carbonyl (C=O) groups is 4. The number of anilines is 1. The zero-order valence-electron chi connectivity index (χ0n) is 14.7. The molecule has 1 heterocycles. The van der Waals surface area contributed by atoms with Gasteiger partial charge < -0.3 is 5.11 Å². The van der Waals surface area contributed by atoms with Crippen LogP contribution in [0.15, 0.2) is 72.3 Å². The molecular formula is C21H16N2O5. The molecule has 4 amide bonds. The molecule has 0 aromatic heterocycles. The molecule has 140 valence electrons. The SMILES string of the molecule is O=C(O)Cc1ccc(N2C(=O)NC(=O)/C(=C\C=C\c3ccccc3)C2=O)cc1. The van der Waals surface area contributed by atoms with Gasteiger partial charge >= 0.3 is 12.0 Å². The van der Waals surface area contributed by atoms with Gasteiger partial charge in [-0.3, -0.25) is 19.7 Å². The van der Waals surface area contributed by atoms with E-state index in [1.165, 1.54) is 30.3 Å². The lowest BCUT2D eigenvalue weighted by molar-refractivity contribution is -0.136. The molecule has 1 saturated heterocycles. The largest absolute Gasteiger partial charge is 0.481 e. The number of aliphatic carboxylic acids is 1. The molecule has 0 saturated carbocycles. The molecule has 7 nitrogen and oxygen atoms in total. The molecule has 2 aromatic carbocycles. The van der Waals surface area contributed by atoms with Gasteiger partial charge in [-0.15, -0.1) is 0 Å². The number of benzene rings is 2. The van der Waals surface area contributed by atoms with Gasteiger partial charge in [-0.25, -0.2) is 9.69 Å². The van der Waals surface area contributed by atoms with Gasteiger partial charge in [-0.05, 0) is 29.3 Å². The van der Waals surface area contributed by atoms with Crippen LogP contribution in [-0.4, -0.2) is 28.9 Å². The number of rotatable bonds is 5. The fourth-order valence-corrected chi connectivity index (χ4v) is 2.67. The van der Waals surface area contributed by atoms with Gasteiger partial charge in [-0.2, -0.15) is 0 Å². The second-order valence-corrected chi connectivity index (χ2v) is 5.99. The fourth-order valence-electron chi connectivity index (χ4n) is 2.67. The molecule has 7 heteroatoms. The molecule has 0 bridgehead atoms. The summed E-state index contributed by atoms with van der Waals surface area (Å²) >= 11 is 0. The Balaban J connectivity index is 1.84. The first kappa shape index (κ1) is 18.8. The highest BCUT2D eigenvalue weighted by molar-refractivity contribution is 6.37. The molecule has 1 aliphatic rings. The van der Waals surface area contributed by atoms with E-state index in [-0.39, 0.29) is 17.7 Å². The molecule has 0 radical (unpaired) electrons. The monoisotopic (exact) mass is 376 g/mol. The number of carboxylic acids is 1. The highest BCUT2D eigenvalue weighted by Crippen LogP contribution is 2.21. The third-order valence-electron chi connectivity index (χ3n) is 4.00. The maximum Gasteiger partial charge on any atom is 0.335 e. The third kappa shape index (κ3) is 4.21. The number of imide groups is 2. The minimum Gasteiger partial charge on any atom is -0.481 e. The second kappa shape index (κ2) is 8.13. The van der Waals surface area contributed by atoms with E-state index in [9.17, 15) is 19.2 Å². The Hall–Kier alpha value is -4.00. The average Bonchev–Trinajstić information content (AvgIpc) is 2.66. The standard InChI is InChI=1S/C21H16N2O5/c24-18(25)13-15-9-11-16(12-10-15)23-20(27)17(19(26)22-21(23)28)8-4-7-14-5-2-1-3-6-14/h1-12H,13H2,(H,24,25)(H,22,26,28)/b7-4+,17-8+. The summed E-state index contributed by atoms with van der Waals surface area (Å²) in [6.07, 6.45) is 4.47. The van der Waals surface area contributed by atoms with E-state index >= 15 is 0 Å². The number of carboxylic acid groups (broad SMARTS) is 1. The van der Waals surface area contributed by atoms with Crippen molar-refractivity contribution in [3.63, 3.8) is 0 Å². The van der Waals surface area contributed by atoms with E-state index in [4.69, 9.17) is 5.11 Å². The molecule has 2 aromatic rings. The van der Waals surface area contributed by atoms with Crippen molar-refractivity contribution in [2.45, 2.75) is 6.42 Å². The van der Waals surface area contributed by atoms with Gasteiger partial charge in [-0.1, -0.05) is 54.6 Å². The van der Waals surface area contributed by atoms with Crippen LogP contribution in [0.4, 0.5) is 10.5 Å². The minimum absolute atomic E-state index is 0.172. The Morgan fingerprint density at radius 2 is 1.68 bits per heavy atom. The van der Waals surface area contributed by atoms with E-state index in [1.807, 2.05) is 30.3 Å². The lowest BCUT2D eigenvalue weighted by atomic mass is 10.1. The molecule has 1 aliphatic heterocycles. The van der Waals surface area contributed by atoms with Crippen LogP contribution in [0.25, 0.3) is 6.08 Å². The van der Waals surface area contributed by atoms with Crippen molar-refractivity contribution >= 4 is 35.6 Å². The Morgan fingerprint density at radius 3 is 2.32 bits per heavy atom. The summed E-state index contributed by atoms with van der Waals surface area (Å²) in [4.78, 5) is 48.5. The first-order valence-electron chi connectivity index (χ1n) is 8.39. The molecule has 0 aliphatic carbocycles. The predicted molar refractivity (Wildman–Crippen MR) is 102 cm³/mol. The first-order valence-corrected chi connectivity index (χ1v) is 8.39. The minimum atomic E-state index is -0.986. The zero-order chi connectivity index (χ0) is 20.1. The number of barbiturate groups is 1. The van der Waals surface area contributed by atoms with E-state index in [0.29, 0.717) is 5.56 Å². The predicted octanol–water partition coefficient (Wildman–Crippen LogP) is 2.54. The summed E-state index contributed by atoms with van der Waals surface area (Å²) in [5.41, 5.74) is 1.48. The van der Waals surface area contributed by atoms with E-state index in [2.05, 4.69) is 5.32 Å². The van der Waals surface area contributed by atoms with Crippen molar-refractivity contribution in [2.24, 2.45) is 0 Å². The van der Waals surface area contributed by atoms with Crippen LogP contribution in [0.5, 0.6) is 0 Å². The smallest absolute Gasteiger partial charge is 0.335 e. The van der Waals surface area contributed by atoms with E-state index in [0.717, 1.165) is 10.5 Å². The molecule has 1 fully saturated rings. The Labute approximate surface area is 160 Å². The van der Waals surface area contributed by atoms with Gasteiger partial charge in [0.25, 0.3) is 11.8 Å². The number of carbonyl (C=O) groups excluding carboxylic acids is 3. The molecule has 0 unspecified atom stereocenters.